The first-order valence-corrected chi connectivity index (χ1v) is 17.4. The summed E-state index contributed by atoms with van der Waals surface area (Å²) in [4.78, 5) is 0. The fourth-order valence-corrected chi connectivity index (χ4v) is 10.9. The van der Waals surface area contributed by atoms with E-state index < -0.39 is 14.5 Å². The molecule has 0 unspecified atom stereocenters. The molecule has 0 aromatic heterocycles. The van der Waals surface area contributed by atoms with Gasteiger partial charge in [-0.25, -0.2) is 0 Å². The van der Waals surface area contributed by atoms with Crippen molar-refractivity contribution in [2.75, 3.05) is 0 Å². The monoisotopic (exact) mass is 784 g/mol. The zero-order chi connectivity index (χ0) is 27.7. The van der Waals surface area contributed by atoms with Gasteiger partial charge in [-0.05, 0) is 87.3 Å². The zero-order valence-electron chi connectivity index (χ0n) is 23.3. The van der Waals surface area contributed by atoms with Gasteiger partial charge in [0, 0.05) is 0 Å². The molecule has 6 aromatic rings. The second kappa shape index (κ2) is 16.2. The van der Waals surface area contributed by atoms with E-state index in [4.69, 9.17) is 13.3 Å². The van der Waals surface area contributed by atoms with Crippen molar-refractivity contribution >= 4 is 46.4 Å². The Bertz CT molecular complexity index is 1260. The van der Waals surface area contributed by atoms with E-state index in [1.807, 2.05) is 0 Å². The van der Waals surface area contributed by atoms with Gasteiger partial charge in [-0.1, -0.05) is 109 Å². The van der Waals surface area contributed by atoms with Crippen LogP contribution in [0.2, 0.25) is 0 Å². The summed E-state index contributed by atoms with van der Waals surface area (Å²) in [5.74, 6) is 0. The summed E-state index contributed by atoms with van der Waals surface area (Å²) < 4.78 is 0. The zero-order valence-corrected chi connectivity index (χ0v) is 28.0. The number of benzene rings is 6. The summed E-state index contributed by atoms with van der Waals surface area (Å²) in [5, 5.41) is 7.90. The standard InChI is InChI=1S/2C19H17P.Au.ClH/c2*1-20(17-11-5-2-6-12-17,18-13-7-3-8-14-18)19-15-9-4-10-16-19;;/h2*2-16H,1H2;;1H/q;;+1;/p-1. The van der Waals surface area contributed by atoms with Crippen LogP contribution in [0.15, 0.2) is 182 Å². The molecule has 6 rings (SSSR count). The Hall–Kier alpha value is -2.79. The molecule has 42 heavy (non-hydrogen) atoms. The fourth-order valence-electron chi connectivity index (χ4n) is 4.99. The van der Waals surface area contributed by atoms with Gasteiger partial charge in [0.1, 0.15) is 0 Å². The van der Waals surface area contributed by atoms with E-state index >= 15 is 0 Å². The average Bonchev–Trinajstić information content (AvgIpc) is 3.07. The van der Waals surface area contributed by atoms with Gasteiger partial charge in [-0.15, -0.1) is 0 Å². The van der Waals surface area contributed by atoms with Gasteiger partial charge in [0.15, 0.2) is 0 Å². The smallest absolute Gasteiger partial charge is 1.00 e. The molecule has 0 heterocycles. The van der Waals surface area contributed by atoms with Crippen molar-refractivity contribution in [1.29, 1.82) is 0 Å². The maximum atomic E-state index is 4.69. The molecule has 0 aliphatic rings. The molecular formula is C38H34AuClP2. The molecule has 0 amide bonds. The Morgan fingerprint density at radius 3 is 0.500 bits per heavy atom. The van der Waals surface area contributed by atoms with Crippen LogP contribution in [0.1, 0.15) is 0 Å². The topological polar surface area (TPSA) is 0 Å². The van der Waals surface area contributed by atoms with Crippen molar-refractivity contribution in [3.8, 4) is 0 Å². The minimum absolute atomic E-state index is 0. The van der Waals surface area contributed by atoms with Gasteiger partial charge in [0.2, 0.25) is 0 Å². The summed E-state index contributed by atoms with van der Waals surface area (Å²) in [6, 6.07) is 63.9. The predicted octanol–water partition coefficient (Wildman–Crippen LogP) is 4.55. The normalized spacial score (nSPS) is 10.7. The first kappa shape index (κ1) is 33.7. The van der Waals surface area contributed by atoms with Crippen molar-refractivity contribution in [2.45, 2.75) is 0 Å². The molecule has 0 aliphatic heterocycles. The van der Waals surface area contributed by atoms with Gasteiger partial charge >= 0.3 is 22.4 Å². The molecule has 0 saturated heterocycles. The van der Waals surface area contributed by atoms with Crippen molar-refractivity contribution in [1.82, 2.24) is 0 Å². The molecule has 214 valence electrons. The maximum absolute atomic E-state index is 4.69. The van der Waals surface area contributed by atoms with Crippen LogP contribution >= 0.6 is 14.5 Å². The first-order chi connectivity index (χ1) is 19.6. The summed E-state index contributed by atoms with van der Waals surface area (Å²) >= 11 is 0. The second-order valence-electron chi connectivity index (χ2n) is 9.63. The van der Waals surface area contributed by atoms with Crippen LogP contribution < -0.4 is 44.2 Å². The fraction of sp³-hybridized carbons (Fsp3) is 0. The van der Waals surface area contributed by atoms with Crippen molar-refractivity contribution in [2.24, 2.45) is 0 Å². The molecule has 0 atom stereocenters. The summed E-state index contributed by atoms with van der Waals surface area (Å²) in [7, 11) is -3.55. The van der Waals surface area contributed by atoms with E-state index in [0.29, 0.717) is 0 Å². The van der Waals surface area contributed by atoms with E-state index in [9.17, 15) is 0 Å². The van der Waals surface area contributed by atoms with Crippen LogP contribution in [0, 0.1) is 13.3 Å². The van der Waals surface area contributed by atoms with Crippen LogP contribution in [0.3, 0.4) is 0 Å². The Kier molecular flexibility index (Phi) is 13.0. The molecule has 0 saturated carbocycles. The maximum Gasteiger partial charge on any atom is 1.00 e. The van der Waals surface area contributed by atoms with E-state index in [2.05, 4.69) is 182 Å². The summed E-state index contributed by atoms with van der Waals surface area (Å²) in [5.41, 5.74) is 0. The van der Waals surface area contributed by atoms with Crippen LogP contribution in [0.4, 0.5) is 0 Å². The number of hydrogen-bond donors (Lipinski definition) is 0. The molecule has 0 fully saturated rings. The first-order valence-electron chi connectivity index (χ1n) is 13.4. The molecular weight excluding hydrogens is 751 g/mol. The van der Waals surface area contributed by atoms with Gasteiger partial charge in [-0.2, -0.15) is 13.3 Å². The average molecular weight is 785 g/mol. The van der Waals surface area contributed by atoms with E-state index in [0.717, 1.165) is 0 Å². The van der Waals surface area contributed by atoms with Crippen LogP contribution in [-0.4, -0.2) is 0 Å². The van der Waals surface area contributed by atoms with E-state index in [-0.39, 0.29) is 34.8 Å². The third kappa shape index (κ3) is 7.40. The predicted molar refractivity (Wildman–Crippen MR) is 181 cm³/mol. The third-order valence-electron chi connectivity index (χ3n) is 7.18. The van der Waals surface area contributed by atoms with Crippen LogP contribution in [-0.2, 0) is 22.4 Å². The van der Waals surface area contributed by atoms with E-state index in [1.165, 1.54) is 31.8 Å². The van der Waals surface area contributed by atoms with Crippen molar-refractivity contribution in [3.63, 3.8) is 0 Å². The van der Waals surface area contributed by atoms with Crippen molar-refractivity contribution in [3.05, 3.63) is 195 Å². The van der Waals surface area contributed by atoms with E-state index in [1.54, 1.807) is 0 Å². The van der Waals surface area contributed by atoms with Gasteiger partial charge in [0.05, 0.1) is 31.8 Å². The minimum Gasteiger partial charge on any atom is -1.00 e. The Labute approximate surface area is 274 Å². The molecule has 4 heteroatoms. The van der Waals surface area contributed by atoms with Crippen molar-refractivity contribution < 1.29 is 34.8 Å². The largest absolute Gasteiger partial charge is 1.00 e. The Morgan fingerprint density at radius 2 is 0.381 bits per heavy atom. The third-order valence-corrected chi connectivity index (χ3v) is 14.3. The second-order valence-corrected chi connectivity index (χ2v) is 16.0. The van der Waals surface area contributed by atoms with Gasteiger partial charge in [0.25, 0.3) is 0 Å². The Morgan fingerprint density at radius 1 is 0.262 bits per heavy atom. The molecule has 0 nitrogen and oxygen atoms in total. The molecule has 0 radical (unpaired) electrons. The van der Waals surface area contributed by atoms with Gasteiger partial charge in [-0.3, -0.25) is 0 Å². The SMILES string of the molecule is [Au+].[CH2-][P+](c1ccccc1)(c1ccccc1)c1ccccc1.[CH2-][P+](c1ccccc1)(c1ccccc1)c1ccccc1.[Cl-]. The van der Waals surface area contributed by atoms with Crippen LogP contribution in [0.5, 0.6) is 0 Å². The summed E-state index contributed by atoms with van der Waals surface area (Å²) in [6.07, 6.45) is 0. The summed E-state index contributed by atoms with van der Waals surface area (Å²) in [6.45, 7) is 9.38. The number of hydrogen-bond acceptors (Lipinski definition) is 0. The number of halogens is 1. The number of rotatable bonds is 6. The molecule has 0 bridgehead atoms. The van der Waals surface area contributed by atoms with Crippen LogP contribution in [0.25, 0.3) is 0 Å². The molecule has 0 aliphatic carbocycles. The molecule has 0 spiro atoms. The minimum atomic E-state index is -1.78. The van der Waals surface area contributed by atoms with Gasteiger partial charge < -0.3 is 12.4 Å². The Balaban J connectivity index is 0.000000220. The molecule has 6 aromatic carbocycles. The quantitative estimate of drug-likeness (QED) is 0.132. The molecule has 0 N–H and O–H groups in total.